The van der Waals surface area contributed by atoms with Gasteiger partial charge >= 0.3 is 6.02 Å². The first-order valence-corrected chi connectivity index (χ1v) is 4.22. The van der Waals surface area contributed by atoms with E-state index in [9.17, 15) is 0 Å². The smallest absolute Gasteiger partial charge is 0.302 e. The Balaban J connectivity index is 2.16. The van der Waals surface area contributed by atoms with Gasteiger partial charge in [0.1, 0.15) is 0 Å². The summed E-state index contributed by atoms with van der Waals surface area (Å²) in [6.07, 6.45) is 4.00. The summed E-state index contributed by atoms with van der Waals surface area (Å²) in [4.78, 5) is 6.20. The number of rotatable bonds is 0. The van der Waals surface area contributed by atoms with Gasteiger partial charge in [0.2, 0.25) is 0 Å². The van der Waals surface area contributed by atoms with Gasteiger partial charge in [-0.25, -0.2) is 4.99 Å². The molecule has 0 saturated carbocycles. The van der Waals surface area contributed by atoms with Gasteiger partial charge in [-0.1, -0.05) is 12.1 Å². The van der Waals surface area contributed by atoms with E-state index < -0.39 is 0 Å². The zero-order chi connectivity index (χ0) is 8.67. The largest absolute Gasteiger partial charge is 0.423 e. The number of para-hydroxylation sites is 2. The summed E-state index contributed by atoms with van der Waals surface area (Å²) in [6, 6.07) is 8.61. The lowest BCUT2D eigenvalue weighted by Gasteiger charge is -2.13. The molecule has 0 aliphatic carbocycles. The predicted octanol–water partition coefficient (Wildman–Crippen LogP) is 1.77. The quantitative estimate of drug-likeness (QED) is 0.595. The second-order valence-corrected chi connectivity index (χ2v) is 2.95. The Morgan fingerprint density at radius 3 is 3.23 bits per heavy atom. The molecular weight excluding hydrogens is 164 g/mol. The average molecular weight is 172 g/mol. The summed E-state index contributed by atoms with van der Waals surface area (Å²) in [5, 5.41) is 0. The molecule has 64 valence electrons. The lowest BCUT2D eigenvalue weighted by molar-refractivity contribution is 0.562. The van der Waals surface area contributed by atoms with Gasteiger partial charge in [0, 0.05) is 6.20 Å². The molecule has 0 unspecified atom stereocenters. The van der Waals surface area contributed by atoms with E-state index in [0.717, 1.165) is 11.4 Å². The molecule has 0 amide bonds. The number of hydrogen-bond acceptors (Lipinski definition) is 3. The van der Waals surface area contributed by atoms with Crippen LogP contribution in [0.15, 0.2) is 41.5 Å². The van der Waals surface area contributed by atoms with Crippen molar-refractivity contribution in [2.24, 2.45) is 4.99 Å². The van der Waals surface area contributed by atoms with Gasteiger partial charge in [-0.05, 0) is 18.2 Å². The van der Waals surface area contributed by atoms with Crippen LogP contribution >= 0.6 is 0 Å². The number of benzene rings is 1. The van der Waals surface area contributed by atoms with Crippen LogP contribution in [0.2, 0.25) is 0 Å². The van der Waals surface area contributed by atoms with Crippen molar-refractivity contribution in [1.29, 1.82) is 0 Å². The van der Waals surface area contributed by atoms with Crippen molar-refractivity contribution in [2.75, 3.05) is 11.4 Å². The predicted molar refractivity (Wildman–Crippen MR) is 51.0 cm³/mol. The number of amidine groups is 1. The molecule has 0 N–H and O–H groups in total. The standard InChI is InChI=1S/C10H8N2O/c1-2-5-9-8(4-1)12-7-3-6-11-10(12)13-9/h1-5,7H,6H2. The average Bonchev–Trinajstić information content (AvgIpc) is 2.56. The molecule has 1 aromatic rings. The minimum atomic E-state index is 0.684. The van der Waals surface area contributed by atoms with Crippen LogP contribution in [-0.2, 0) is 0 Å². The molecule has 2 aliphatic rings. The first-order chi connectivity index (χ1) is 6.45. The highest BCUT2D eigenvalue weighted by Gasteiger charge is 2.26. The summed E-state index contributed by atoms with van der Waals surface area (Å²) in [5.41, 5.74) is 1.07. The van der Waals surface area contributed by atoms with Gasteiger partial charge in [-0.15, -0.1) is 0 Å². The first kappa shape index (κ1) is 6.71. The number of fused-ring (bicyclic) bond motifs is 3. The molecular formula is C10H8N2O. The van der Waals surface area contributed by atoms with E-state index in [1.807, 2.05) is 41.4 Å². The molecule has 0 radical (unpaired) electrons. The monoisotopic (exact) mass is 172 g/mol. The third kappa shape index (κ3) is 0.869. The minimum Gasteiger partial charge on any atom is -0.423 e. The van der Waals surface area contributed by atoms with Gasteiger partial charge in [-0.3, -0.25) is 4.90 Å². The Kier molecular flexibility index (Phi) is 1.22. The zero-order valence-electron chi connectivity index (χ0n) is 6.97. The van der Waals surface area contributed by atoms with Crippen LogP contribution in [-0.4, -0.2) is 12.6 Å². The van der Waals surface area contributed by atoms with E-state index in [4.69, 9.17) is 4.74 Å². The fourth-order valence-corrected chi connectivity index (χ4v) is 1.53. The number of hydrogen-bond donors (Lipinski definition) is 0. The zero-order valence-corrected chi connectivity index (χ0v) is 6.97. The van der Waals surface area contributed by atoms with Crippen LogP contribution in [0.25, 0.3) is 0 Å². The molecule has 3 nitrogen and oxygen atoms in total. The van der Waals surface area contributed by atoms with Crippen molar-refractivity contribution in [3.05, 3.63) is 36.5 Å². The van der Waals surface area contributed by atoms with E-state index in [1.165, 1.54) is 0 Å². The van der Waals surface area contributed by atoms with Gasteiger partial charge < -0.3 is 4.74 Å². The van der Waals surface area contributed by atoms with Crippen LogP contribution in [0.1, 0.15) is 0 Å². The third-order valence-electron chi connectivity index (χ3n) is 2.12. The van der Waals surface area contributed by atoms with E-state index in [0.29, 0.717) is 12.6 Å². The summed E-state index contributed by atoms with van der Waals surface area (Å²) in [5.74, 6) is 0.882. The van der Waals surface area contributed by atoms with Crippen molar-refractivity contribution in [1.82, 2.24) is 0 Å². The fraction of sp³-hybridized carbons (Fsp3) is 0.100. The normalized spacial score (nSPS) is 17.5. The number of ether oxygens (including phenoxy) is 1. The molecule has 1 aromatic carbocycles. The molecule has 13 heavy (non-hydrogen) atoms. The Morgan fingerprint density at radius 1 is 1.31 bits per heavy atom. The van der Waals surface area contributed by atoms with Crippen molar-refractivity contribution in [2.45, 2.75) is 0 Å². The van der Waals surface area contributed by atoms with Gasteiger partial charge in [0.05, 0.1) is 12.2 Å². The Labute approximate surface area is 76.0 Å². The van der Waals surface area contributed by atoms with Gasteiger partial charge in [-0.2, -0.15) is 0 Å². The number of aliphatic imine (C=N–C) groups is 1. The topological polar surface area (TPSA) is 24.8 Å². The van der Waals surface area contributed by atoms with Crippen LogP contribution in [0.4, 0.5) is 5.69 Å². The maximum Gasteiger partial charge on any atom is 0.302 e. The molecule has 0 bridgehead atoms. The molecule has 0 fully saturated rings. The molecule has 2 heterocycles. The lowest BCUT2D eigenvalue weighted by Crippen LogP contribution is -2.26. The van der Waals surface area contributed by atoms with Crippen LogP contribution in [0.3, 0.4) is 0 Å². The summed E-state index contributed by atoms with van der Waals surface area (Å²) in [6.45, 7) is 0.708. The molecule has 0 atom stereocenters. The van der Waals surface area contributed by atoms with Crippen LogP contribution in [0, 0.1) is 0 Å². The second-order valence-electron chi connectivity index (χ2n) is 2.95. The van der Waals surface area contributed by atoms with Crippen molar-refractivity contribution in [3.63, 3.8) is 0 Å². The van der Waals surface area contributed by atoms with Gasteiger partial charge in [0.25, 0.3) is 0 Å². The van der Waals surface area contributed by atoms with Crippen LogP contribution < -0.4 is 9.64 Å². The molecule has 0 spiro atoms. The molecule has 0 aromatic heterocycles. The van der Waals surface area contributed by atoms with Gasteiger partial charge in [0.15, 0.2) is 5.75 Å². The molecule has 0 saturated heterocycles. The molecule has 3 heteroatoms. The number of anilines is 1. The van der Waals surface area contributed by atoms with Crippen molar-refractivity contribution >= 4 is 11.7 Å². The maximum absolute atomic E-state index is 5.54. The van der Waals surface area contributed by atoms with Crippen molar-refractivity contribution in [3.8, 4) is 5.75 Å². The third-order valence-corrected chi connectivity index (χ3v) is 2.12. The highest BCUT2D eigenvalue weighted by Crippen LogP contribution is 2.35. The lowest BCUT2D eigenvalue weighted by atomic mass is 10.3. The Bertz CT molecular complexity index is 409. The van der Waals surface area contributed by atoms with E-state index >= 15 is 0 Å². The van der Waals surface area contributed by atoms with E-state index in [2.05, 4.69) is 4.99 Å². The Hall–Kier alpha value is -1.77. The SMILES string of the molecule is C1=CN2C(=NC1)Oc1ccccc12. The van der Waals surface area contributed by atoms with Crippen molar-refractivity contribution < 1.29 is 4.74 Å². The molecule has 2 aliphatic heterocycles. The summed E-state index contributed by atoms with van der Waals surface area (Å²) in [7, 11) is 0. The fourth-order valence-electron chi connectivity index (χ4n) is 1.53. The highest BCUT2D eigenvalue weighted by atomic mass is 16.5. The summed E-state index contributed by atoms with van der Waals surface area (Å²) < 4.78 is 5.54. The number of nitrogens with zero attached hydrogens (tertiary/aromatic N) is 2. The maximum atomic E-state index is 5.54. The van der Waals surface area contributed by atoms with E-state index in [1.54, 1.807) is 0 Å². The Morgan fingerprint density at radius 2 is 2.23 bits per heavy atom. The molecule has 3 rings (SSSR count). The van der Waals surface area contributed by atoms with Crippen LogP contribution in [0.5, 0.6) is 5.75 Å². The minimum absolute atomic E-state index is 0.684. The first-order valence-electron chi connectivity index (χ1n) is 4.22. The second kappa shape index (κ2) is 2.36. The summed E-state index contributed by atoms with van der Waals surface area (Å²) >= 11 is 0. The van der Waals surface area contributed by atoms with E-state index in [-0.39, 0.29) is 0 Å². The highest BCUT2D eigenvalue weighted by molar-refractivity contribution is 6.02.